The van der Waals surface area contributed by atoms with E-state index >= 15 is 0 Å². The van der Waals surface area contributed by atoms with Crippen LogP contribution >= 0.6 is 0 Å². The van der Waals surface area contributed by atoms with Crippen LogP contribution in [-0.2, 0) is 0 Å². The number of piperazine rings is 1. The molecule has 0 unspecified atom stereocenters. The summed E-state index contributed by atoms with van der Waals surface area (Å²) in [6.45, 7) is 10.1. The van der Waals surface area contributed by atoms with E-state index in [-0.39, 0.29) is 11.4 Å². The second kappa shape index (κ2) is 6.47. The van der Waals surface area contributed by atoms with E-state index in [9.17, 15) is 4.39 Å². The van der Waals surface area contributed by atoms with Crippen molar-refractivity contribution in [3.8, 4) is 0 Å². The zero-order valence-corrected chi connectivity index (χ0v) is 16.3. The number of hydrogen-bond acceptors (Lipinski definition) is 2. The molecule has 2 aromatic rings. The van der Waals surface area contributed by atoms with Crippen molar-refractivity contribution in [2.45, 2.75) is 44.7 Å². The highest BCUT2D eigenvalue weighted by molar-refractivity contribution is 5.46. The molecule has 0 aromatic heterocycles. The lowest BCUT2D eigenvalue weighted by atomic mass is 9.92. The fourth-order valence-electron chi connectivity index (χ4n) is 4.68. The first-order chi connectivity index (χ1) is 12.3. The summed E-state index contributed by atoms with van der Waals surface area (Å²) in [6, 6.07) is 14.4. The molecule has 4 rings (SSSR count). The molecule has 0 radical (unpaired) electrons. The fraction of sp³-hybridized carbons (Fsp3) is 0.478. The largest absolute Gasteiger partial charge is 0.299 e. The molecule has 0 amide bonds. The smallest absolute Gasteiger partial charge is 0.123 e. The van der Waals surface area contributed by atoms with Crippen LogP contribution in [0, 0.1) is 12.7 Å². The monoisotopic (exact) mass is 352 g/mol. The predicted molar refractivity (Wildman–Crippen MR) is 105 cm³/mol. The van der Waals surface area contributed by atoms with Gasteiger partial charge in [0.05, 0.1) is 0 Å². The third-order valence-electron chi connectivity index (χ3n) is 6.49. The molecule has 1 fully saturated rings. The number of aryl methyl sites for hydroxylation is 1. The van der Waals surface area contributed by atoms with Gasteiger partial charge in [-0.3, -0.25) is 9.80 Å². The molecule has 1 aliphatic carbocycles. The van der Waals surface area contributed by atoms with Crippen LogP contribution in [0.2, 0.25) is 0 Å². The lowest BCUT2D eigenvalue weighted by Gasteiger charge is -2.47. The summed E-state index contributed by atoms with van der Waals surface area (Å²) in [5.74, 6) is 0.201. The number of halogens is 1. The SMILES string of the molecule is Cc1ccc2c(c1)[C@@H](N1CCN(C)C(C)(C)C1)C[C@@H]2c1ccc(F)cc1. The fourth-order valence-corrected chi connectivity index (χ4v) is 4.68. The highest BCUT2D eigenvalue weighted by atomic mass is 19.1. The van der Waals surface area contributed by atoms with Gasteiger partial charge in [-0.15, -0.1) is 0 Å². The lowest BCUT2D eigenvalue weighted by Crippen LogP contribution is -2.58. The van der Waals surface area contributed by atoms with Crippen molar-refractivity contribution in [3.63, 3.8) is 0 Å². The molecule has 2 nitrogen and oxygen atoms in total. The van der Waals surface area contributed by atoms with Gasteiger partial charge in [0.25, 0.3) is 0 Å². The zero-order valence-electron chi connectivity index (χ0n) is 16.3. The van der Waals surface area contributed by atoms with E-state index in [4.69, 9.17) is 0 Å². The van der Waals surface area contributed by atoms with Crippen molar-refractivity contribution in [1.29, 1.82) is 0 Å². The Hall–Kier alpha value is -1.71. The van der Waals surface area contributed by atoms with Gasteiger partial charge in [0.1, 0.15) is 5.82 Å². The Morgan fingerprint density at radius 1 is 1.00 bits per heavy atom. The molecule has 0 bridgehead atoms. The van der Waals surface area contributed by atoms with E-state index < -0.39 is 0 Å². The van der Waals surface area contributed by atoms with Gasteiger partial charge in [0.15, 0.2) is 0 Å². The first-order valence-corrected chi connectivity index (χ1v) is 9.66. The van der Waals surface area contributed by atoms with Gasteiger partial charge in [-0.1, -0.05) is 35.9 Å². The Morgan fingerprint density at radius 3 is 2.42 bits per heavy atom. The normalized spacial score (nSPS) is 26.0. The summed E-state index contributed by atoms with van der Waals surface area (Å²) in [7, 11) is 2.23. The van der Waals surface area contributed by atoms with Gasteiger partial charge in [0.2, 0.25) is 0 Å². The van der Waals surface area contributed by atoms with Gasteiger partial charge >= 0.3 is 0 Å². The van der Waals surface area contributed by atoms with Gasteiger partial charge in [-0.05, 0) is 63.1 Å². The highest BCUT2D eigenvalue weighted by Crippen LogP contribution is 2.47. The van der Waals surface area contributed by atoms with Crippen molar-refractivity contribution in [1.82, 2.24) is 9.80 Å². The Balaban J connectivity index is 1.69. The molecule has 1 heterocycles. The molecule has 0 N–H and O–H groups in total. The van der Waals surface area contributed by atoms with Crippen LogP contribution in [0.3, 0.4) is 0 Å². The summed E-state index contributed by atoms with van der Waals surface area (Å²) in [5.41, 5.74) is 5.63. The molecular weight excluding hydrogens is 323 g/mol. The minimum absolute atomic E-state index is 0.159. The topological polar surface area (TPSA) is 6.48 Å². The number of hydrogen-bond donors (Lipinski definition) is 0. The van der Waals surface area contributed by atoms with Crippen LogP contribution < -0.4 is 0 Å². The van der Waals surface area contributed by atoms with Crippen molar-refractivity contribution in [2.24, 2.45) is 0 Å². The van der Waals surface area contributed by atoms with E-state index in [1.54, 1.807) is 12.1 Å². The van der Waals surface area contributed by atoms with Crippen LogP contribution in [0.25, 0.3) is 0 Å². The van der Waals surface area contributed by atoms with E-state index in [0.717, 1.165) is 26.1 Å². The molecule has 2 aromatic carbocycles. The zero-order chi connectivity index (χ0) is 18.5. The highest BCUT2D eigenvalue weighted by Gasteiger charge is 2.40. The van der Waals surface area contributed by atoms with Gasteiger partial charge in [0, 0.05) is 37.1 Å². The van der Waals surface area contributed by atoms with Gasteiger partial charge in [-0.2, -0.15) is 0 Å². The van der Waals surface area contributed by atoms with Crippen molar-refractivity contribution in [2.75, 3.05) is 26.7 Å². The molecule has 2 atom stereocenters. The van der Waals surface area contributed by atoms with E-state index in [1.807, 2.05) is 12.1 Å². The van der Waals surface area contributed by atoms with Crippen LogP contribution in [-0.4, -0.2) is 42.0 Å². The minimum atomic E-state index is -0.159. The van der Waals surface area contributed by atoms with Crippen LogP contribution in [0.15, 0.2) is 42.5 Å². The average molecular weight is 352 g/mol. The quantitative estimate of drug-likeness (QED) is 0.770. The third kappa shape index (κ3) is 3.08. The summed E-state index contributed by atoms with van der Waals surface area (Å²) in [5, 5.41) is 0. The summed E-state index contributed by atoms with van der Waals surface area (Å²) in [4.78, 5) is 5.13. The second-order valence-electron chi connectivity index (χ2n) is 8.69. The van der Waals surface area contributed by atoms with Crippen LogP contribution in [0.1, 0.15) is 54.5 Å². The number of likely N-dealkylation sites (N-methyl/N-ethyl adjacent to an activating group) is 1. The maximum absolute atomic E-state index is 13.4. The Kier molecular flexibility index (Phi) is 4.40. The number of fused-ring (bicyclic) bond motifs is 1. The minimum Gasteiger partial charge on any atom is -0.299 e. The van der Waals surface area contributed by atoms with E-state index in [0.29, 0.717) is 12.0 Å². The number of benzene rings is 2. The molecule has 1 saturated heterocycles. The summed E-state index contributed by atoms with van der Waals surface area (Å²) < 4.78 is 13.4. The summed E-state index contributed by atoms with van der Waals surface area (Å²) in [6.07, 6.45) is 1.09. The molecule has 0 spiro atoms. The van der Waals surface area contributed by atoms with Gasteiger partial charge < -0.3 is 0 Å². The first kappa shape index (κ1) is 17.7. The molecule has 138 valence electrons. The van der Waals surface area contributed by atoms with Crippen molar-refractivity contribution in [3.05, 3.63) is 70.5 Å². The van der Waals surface area contributed by atoms with Gasteiger partial charge in [-0.25, -0.2) is 4.39 Å². The molecule has 3 heteroatoms. The molecule has 1 aliphatic heterocycles. The third-order valence-corrected chi connectivity index (χ3v) is 6.49. The van der Waals surface area contributed by atoms with Crippen LogP contribution in [0.5, 0.6) is 0 Å². The standard InChI is InChI=1S/C23H29FN2/c1-16-5-10-19-20(17-6-8-18(24)9-7-17)14-22(21(19)13-16)26-12-11-25(4)23(2,3)15-26/h5-10,13,20,22H,11-12,14-15H2,1-4H3/t20-,22+/m1/s1. The lowest BCUT2D eigenvalue weighted by molar-refractivity contribution is 0.0158. The predicted octanol–water partition coefficient (Wildman–Crippen LogP) is 4.74. The Bertz CT molecular complexity index is 796. The van der Waals surface area contributed by atoms with Crippen molar-refractivity contribution < 1.29 is 4.39 Å². The van der Waals surface area contributed by atoms with E-state index in [2.05, 4.69) is 55.8 Å². The Labute approximate surface area is 156 Å². The molecule has 2 aliphatic rings. The maximum Gasteiger partial charge on any atom is 0.123 e. The average Bonchev–Trinajstić information content (AvgIpc) is 2.96. The molecule has 26 heavy (non-hydrogen) atoms. The second-order valence-corrected chi connectivity index (χ2v) is 8.69. The molecule has 0 saturated carbocycles. The van der Waals surface area contributed by atoms with E-state index in [1.165, 1.54) is 22.3 Å². The van der Waals surface area contributed by atoms with Crippen molar-refractivity contribution >= 4 is 0 Å². The summed E-state index contributed by atoms with van der Waals surface area (Å²) >= 11 is 0. The Morgan fingerprint density at radius 2 is 1.73 bits per heavy atom. The first-order valence-electron chi connectivity index (χ1n) is 9.66. The molecular formula is C23H29FN2. The number of nitrogens with zero attached hydrogens (tertiary/aromatic N) is 2. The van der Waals surface area contributed by atoms with Crippen LogP contribution in [0.4, 0.5) is 4.39 Å². The number of rotatable bonds is 2. The maximum atomic E-state index is 13.4.